The predicted molar refractivity (Wildman–Crippen MR) is 43.5 cm³/mol. The summed E-state index contributed by atoms with van der Waals surface area (Å²) in [5.41, 5.74) is 0.990. The van der Waals surface area contributed by atoms with Gasteiger partial charge in [0.25, 0.3) is 0 Å². The summed E-state index contributed by atoms with van der Waals surface area (Å²) in [4.78, 5) is 9.95. The van der Waals surface area contributed by atoms with Crippen LogP contribution in [0.15, 0.2) is 28.7 Å². The van der Waals surface area contributed by atoms with Gasteiger partial charge in [0, 0.05) is 10.9 Å². The highest BCUT2D eigenvalue weighted by atomic mass is 79.9. The van der Waals surface area contributed by atoms with Crippen LogP contribution in [0.2, 0.25) is 0 Å². The van der Waals surface area contributed by atoms with Crippen molar-refractivity contribution in [1.29, 1.82) is 0 Å². The Balaban J connectivity index is 2.84. The summed E-state index contributed by atoms with van der Waals surface area (Å²) in [5, 5.41) is 0. The second kappa shape index (κ2) is 3.52. The van der Waals surface area contributed by atoms with Crippen LogP contribution in [0, 0.1) is 0 Å². The molecule has 0 spiro atoms. The maximum Gasteiger partial charge on any atom is 0.203 e. The first-order valence-electron chi connectivity index (χ1n) is 2.92. The van der Waals surface area contributed by atoms with E-state index < -0.39 is 0 Å². The molecule has 0 N–H and O–H groups in total. The molecule has 51 valence electrons. The summed E-state index contributed by atoms with van der Waals surface area (Å²) < 4.78 is 1.00. The lowest BCUT2D eigenvalue weighted by atomic mass is 10.2. The average Bonchev–Trinajstić information content (AvgIpc) is 1.88. The molecule has 0 fully saturated rings. The van der Waals surface area contributed by atoms with Crippen molar-refractivity contribution < 1.29 is 4.79 Å². The van der Waals surface area contributed by atoms with Crippen LogP contribution < -0.4 is 0 Å². The van der Waals surface area contributed by atoms with Crippen LogP contribution in [-0.2, 0) is 11.2 Å². The van der Waals surface area contributed by atoms with Gasteiger partial charge in [0.15, 0.2) is 0 Å². The Labute approximate surface area is 68.2 Å². The molecule has 0 unspecified atom stereocenters. The van der Waals surface area contributed by atoms with Crippen LogP contribution >= 0.6 is 15.9 Å². The maximum absolute atomic E-state index is 9.95. The molecule has 2 heteroatoms. The van der Waals surface area contributed by atoms with Gasteiger partial charge in [-0.25, -0.2) is 0 Å². The molecule has 0 aliphatic heterocycles. The van der Waals surface area contributed by atoms with E-state index in [1.54, 1.807) is 0 Å². The molecule has 0 saturated heterocycles. The monoisotopic (exact) mass is 197 g/mol. The van der Waals surface area contributed by atoms with Crippen molar-refractivity contribution in [3.05, 3.63) is 34.3 Å². The van der Waals surface area contributed by atoms with E-state index in [9.17, 15) is 4.79 Å². The van der Waals surface area contributed by atoms with E-state index in [0.717, 1.165) is 10.0 Å². The minimum Gasteiger partial charge on any atom is -0.291 e. The SMILES string of the molecule is O=[C]Cc1cccc(Br)c1. The number of rotatable bonds is 2. The second-order valence-corrected chi connectivity index (χ2v) is 2.87. The van der Waals surface area contributed by atoms with Gasteiger partial charge in [0.05, 0.1) is 0 Å². The quantitative estimate of drug-likeness (QED) is 0.711. The zero-order valence-electron chi connectivity index (χ0n) is 5.30. The van der Waals surface area contributed by atoms with Crippen molar-refractivity contribution in [2.75, 3.05) is 0 Å². The number of halogens is 1. The molecule has 1 aromatic carbocycles. The highest BCUT2D eigenvalue weighted by molar-refractivity contribution is 9.10. The molecule has 10 heavy (non-hydrogen) atoms. The Morgan fingerprint density at radius 2 is 2.30 bits per heavy atom. The molecule has 0 heterocycles. The smallest absolute Gasteiger partial charge is 0.203 e. The van der Waals surface area contributed by atoms with Gasteiger partial charge in [0.2, 0.25) is 6.29 Å². The van der Waals surface area contributed by atoms with E-state index in [4.69, 9.17) is 0 Å². The Bertz CT molecular complexity index is 232. The third-order valence-electron chi connectivity index (χ3n) is 1.17. The van der Waals surface area contributed by atoms with Gasteiger partial charge in [-0.3, -0.25) is 4.79 Å². The van der Waals surface area contributed by atoms with E-state index in [-0.39, 0.29) is 0 Å². The molecule has 1 rings (SSSR count). The van der Waals surface area contributed by atoms with Crippen molar-refractivity contribution in [2.24, 2.45) is 0 Å². The van der Waals surface area contributed by atoms with E-state index >= 15 is 0 Å². The maximum atomic E-state index is 9.95. The number of hydrogen-bond acceptors (Lipinski definition) is 1. The first-order valence-corrected chi connectivity index (χ1v) is 3.71. The zero-order valence-corrected chi connectivity index (χ0v) is 6.89. The van der Waals surface area contributed by atoms with Gasteiger partial charge in [-0.2, -0.15) is 0 Å². The zero-order chi connectivity index (χ0) is 7.40. The lowest BCUT2D eigenvalue weighted by Gasteiger charge is -1.93. The highest BCUT2D eigenvalue weighted by Gasteiger charge is 1.91. The fourth-order valence-electron chi connectivity index (χ4n) is 0.730. The number of carbonyl (C=O) groups excluding carboxylic acids is 1. The predicted octanol–water partition coefficient (Wildman–Crippen LogP) is 2.10. The van der Waals surface area contributed by atoms with Gasteiger partial charge in [-0.05, 0) is 17.7 Å². The van der Waals surface area contributed by atoms with E-state index in [1.807, 2.05) is 30.6 Å². The molecule has 1 aromatic rings. The molecule has 0 aromatic heterocycles. The van der Waals surface area contributed by atoms with E-state index in [2.05, 4.69) is 15.9 Å². The minimum absolute atomic E-state index is 0.374. The van der Waals surface area contributed by atoms with Crippen molar-refractivity contribution in [3.63, 3.8) is 0 Å². The highest BCUT2D eigenvalue weighted by Crippen LogP contribution is 2.10. The molecule has 0 aliphatic carbocycles. The fraction of sp³-hybridized carbons (Fsp3) is 0.125. The largest absolute Gasteiger partial charge is 0.291 e. The van der Waals surface area contributed by atoms with Crippen molar-refractivity contribution in [3.8, 4) is 0 Å². The Kier molecular flexibility index (Phi) is 2.63. The third-order valence-corrected chi connectivity index (χ3v) is 1.66. The van der Waals surface area contributed by atoms with Crippen molar-refractivity contribution >= 4 is 22.2 Å². The Hall–Kier alpha value is -0.630. The summed E-state index contributed by atoms with van der Waals surface area (Å²) in [6, 6.07) is 7.63. The van der Waals surface area contributed by atoms with Crippen LogP contribution in [-0.4, -0.2) is 6.29 Å². The summed E-state index contributed by atoms with van der Waals surface area (Å²) >= 11 is 3.30. The molecular formula is C8H6BrO. The fourth-order valence-corrected chi connectivity index (χ4v) is 1.18. The minimum atomic E-state index is 0.374. The summed E-state index contributed by atoms with van der Waals surface area (Å²) in [6.45, 7) is 0. The molecule has 0 atom stereocenters. The normalized spacial score (nSPS) is 9.30. The van der Waals surface area contributed by atoms with Crippen molar-refractivity contribution in [1.82, 2.24) is 0 Å². The first-order chi connectivity index (χ1) is 4.83. The van der Waals surface area contributed by atoms with Crippen LogP contribution in [0.5, 0.6) is 0 Å². The Morgan fingerprint density at radius 3 is 2.90 bits per heavy atom. The second-order valence-electron chi connectivity index (χ2n) is 1.95. The molecule has 0 bridgehead atoms. The Morgan fingerprint density at radius 1 is 1.50 bits per heavy atom. The molecule has 0 saturated carbocycles. The van der Waals surface area contributed by atoms with Gasteiger partial charge in [-0.1, -0.05) is 28.1 Å². The average molecular weight is 198 g/mol. The van der Waals surface area contributed by atoms with Crippen LogP contribution in [0.4, 0.5) is 0 Å². The summed E-state index contributed by atoms with van der Waals surface area (Å²) in [5.74, 6) is 0. The lowest BCUT2D eigenvalue weighted by molar-refractivity contribution is 0.555. The van der Waals surface area contributed by atoms with Crippen LogP contribution in [0.1, 0.15) is 5.56 Å². The molecule has 0 aliphatic rings. The number of benzene rings is 1. The molecule has 1 radical (unpaired) electrons. The van der Waals surface area contributed by atoms with Crippen LogP contribution in [0.3, 0.4) is 0 Å². The lowest BCUT2D eigenvalue weighted by Crippen LogP contribution is -1.83. The molecule has 1 nitrogen and oxygen atoms in total. The van der Waals surface area contributed by atoms with E-state index in [0.29, 0.717) is 6.42 Å². The van der Waals surface area contributed by atoms with Gasteiger partial charge >= 0.3 is 0 Å². The third kappa shape index (κ3) is 1.95. The summed E-state index contributed by atoms with van der Waals surface area (Å²) in [6.07, 6.45) is 2.21. The summed E-state index contributed by atoms with van der Waals surface area (Å²) in [7, 11) is 0. The van der Waals surface area contributed by atoms with E-state index in [1.165, 1.54) is 0 Å². The van der Waals surface area contributed by atoms with Gasteiger partial charge in [-0.15, -0.1) is 0 Å². The standard InChI is InChI=1S/C8H6BrO/c9-8-3-1-2-7(6-8)4-5-10/h1-3,6H,4H2. The topological polar surface area (TPSA) is 17.1 Å². The molecule has 0 amide bonds. The van der Waals surface area contributed by atoms with Gasteiger partial charge < -0.3 is 0 Å². The van der Waals surface area contributed by atoms with Crippen molar-refractivity contribution in [2.45, 2.75) is 6.42 Å². The van der Waals surface area contributed by atoms with Crippen LogP contribution in [0.25, 0.3) is 0 Å². The van der Waals surface area contributed by atoms with Gasteiger partial charge in [0.1, 0.15) is 0 Å². The number of hydrogen-bond donors (Lipinski definition) is 0. The first kappa shape index (κ1) is 7.48. The molecular weight excluding hydrogens is 192 g/mol.